The number of amides is 1. The second-order valence-corrected chi connectivity index (χ2v) is 7.25. The molecule has 0 spiro atoms. The maximum Gasteiger partial charge on any atom is 0.238 e. The normalized spacial score (nSPS) is 11.6. The zero-order valence-electron chi connectivity index (χ0n) is 15.3. The van der Waals surface area contributed by atoms with Crippen molar-refractivity contribution in [3.05, 3.63) is 96.1 Å². The summed E-state index contributed by atoms with van der Waals surface area (Å²) in [5.74, 6) is 0.870. The molecular weight excluding hydrogens is 354 g/mol. The molecule has 0 heterocycles. The second-order valence-electron chi connectivity index (χ2n) is 6.07. The van der Waals surface area contributed by atoms with E-state index in [-0.39, 0.29) is 11.2 Å². The fraction of sp³-hybridized carbons (Fsp3) is 0.174. The van der Waals surface area contributed by atoms with Gasteiger partial charge < -0.3 is 10.1 Å². The SMILES string of the molecule is COc1ccccc1CCNC(=O)C(Sc1ccccc1)c1ccccc1. The lowest BCUT2D eigenvalue weighted by molar-refractivity contribution is -0.120. The first-order valence-electron chi connectivity index (χ1n) is 8.94. The van der Waals surface area contributed by atoms with Gasteiger partial charge in [0.15, 0.2) is 0 Å². The number of ether oxygens (including phenoxy) is 1. The minimum atomic E-state index is -0.286. The molecule has 0 aromatic heterocycles. The van der Waals surface area contributed by atoms with E-state index in [1.807, 2.05) is 84.9 Å². The van der Waals surface area contributed by atoms with Crippen LogP contribution in [-0.4, -0.2) is 19.6 Å². The van der Waals surface area contributed by atoms with Crippen molar-refractivity contribution in [3.63, 3.8) is 0 Å². The van der Waals surface area contributed by atoms with Crippen molar-refractivity contribution in [2.45, 2.75) is 16.6 Å². The van der Waals surface area contributed by atoms with Gasteiger partial charge >= 0.3 is 0 Å². The van der Waals surface area contributed by atoms with Gasteiger partial charge in [-0.25, -0.2) is 0 Å². The number of rotatable bonds is 8. The van der Waals surface area contributed by atoms with Gasteiger partial charge in [-0.05, 0) is 35.7 Å². The summed E-state index contributed by atoms with van der Waals surface area (Å²) in [6.07, 6.45) is 0.729. The number of para-hydroxylation sites is 1. The largest absolute Gasteiger partial charge is 0.496 e. The third kappa shape index (κ3) is 5.38. The monoisotopic (exact) mass is 377 g/mol. The topological polar surface area (TPSA) is 38.3 Å². The number of carbonyl (C=O) groups is 1. The van der Waals surface area contributed by atoms with E-state index in [0.717, 1.165) is 28.2 Å². The standard InChI is InChI=1S/C23H23NO2S/c1-26-21-15-9-8-10-18(21)16-17-24-23(25)22(19-11-4-2-5-12-19)27-20-13-6-3-7-14-20/h2-15,22H,16-17H2,1H3,(H,24,25). The summed E-state index contributed by atoms with van der Waals surface area (Å²) in [4.78, 5) is 14.0. The van der Waals surface area contributed by atoms with Crippen LogP contribution in [0.1, 0.15) is 16.4 Å². The van der Waals surface area contributed by atoms with Crippen LogP contribution >= 0.6 is 11.8 Å². The molecule has 3 nitrogen and oxygen atoms in total. The van der Waals surface area contributed by atoms with E-state index >= 15 is 0 Å². The van der Waals surface area contributed by atoms with Crippen molar-refractivity contribution in [2.24, 2.45) is 0 Å². The Bertz CT molecular complexity index is 853. The van der Waals surface area contributed by atoms with Gasteiger partial charge in [-0.3, -0.25) is 4.79 Å². The molecule has 4 heteroatoms. The van der Waals surface area contributed by atoms with Crippen LogP contribution in [0.2, 0.25) is 0 Å². The number of methoxy groups -OCH3 is 1. The lowest BCUT2D eigenvalue weighted by Gasteiger charge is -2.17. The number of thioether (sulfide) groups is 1. The molecule has 27 heavy (non-hydrogen) atoms. The second kappa shape index (κ2) is 9.83. The van der Waals surface area contributed by atoms with Crippen LogP contribution in [0.4, 0.5) is 0 Å². The number of benzene rings is 3. The quantitative estimate of drug-likeness (QED) is 0.568. The van der Waals surface area contributed by atoms with E-state index < -0.39 is 0 Å². The average molecular weight is 378 g/mol. The van der Waals surface area contributed by atoms with Crippen molar-refractivity contribution in [1.82, 2.24) is 5.32 Å². The van der Waals surface area contributed by atoms with Gasteiger partial charge in [0.25, 0.3) is 0 Å². The van der Waals surface area contributed by atoms with E-state index in [1.54, 1.807) is 18.9 Å². The molecule has 1 unspecified atom stereocenters. The van der Waals surface area contributed by atoms with E-state index in [9.17, 15) is 4.79 Å². The Labute approximate surface area is 164 Å². The van der Waals surface area contributed by atoms with Crippen LogP contribution in [0.25, 0.3) is 0 Å². The first-order valence-corrected chi connectivity index (χ1v) is 9.82. The van der Waals surface area contributed by atoms with Gasteiger partial charge in [-0.15, -0.1) is 11.8 Å². The molecule has 0 aliphatic carbocycles. The van der Waals surface area contributed by atoms with Crippen molar-refractivity contribution in [2.75, 3.05) is 13.7 Å². The highest BCUT2D eigenvalue weighted by molar-refractivity contribution is 8.00. The predicted octanol–water partition coefficient (Wildman–Crippen LogP) is 4.89. The molecule has 1 amide bonds. The Morgan fingerprint density at radius 3 is 2.26 bits per heavy atom. The van der Waals surface area contributed by atoms with Crippen molar-refractivity contribution < 1.29 is 9.53 Å². The average Bonchev–Trinajstić information content (AvgIpc) is 2.73. The molecule has 3 aromatic carbocycles. The number of hydrogen-bond acceptors (Lipinski definition) is 3. The van der Waals surface area contributed by atoms with Gasteiger partial charge in [-0.1, -0.05) is 66.7 Å². The van der Waals surface area contributed by atoms with E-state index in [2.05, 4.69) is 5.32 Å². The van der Waals surface area contributed by atoms with Crippen LogP contribution in [-0.2, 0) is 11.2 Å². The molecule has 1 N–H and O–H groups in total. The van der Waals surface area contributed by atoms with Gasteiger partial charge in [-0.2, -0.15) is 0 Å². The van der Waals surface area contributed by atoms with Gasteiger partial charge in [0, 0.05) is 11.4 Å². The number of nitrogens with one attached hydrogen (secondary N) is 1. The van der Waals surface area contributed by atoms with E-state index in [1.165, 1.54) is 0 Å². The zero-order chi connectivity index (χ0) is 18.9. The van der Waals surface area contributed by atoms with Crippen molar-refractivity contribution >= 4 is 17.7 Å². The number of hydrogen-bond donors (Lipinski definition) is 1. The van der Waals surface area contributed by atoms with Crippen LogP contribution in [0, 0.1) is 0 Å². The fourth-order valence-corrected chi connectivity index (χ4v) is 3.93. The minimum Gasteiger partial charge on any atom is -0.496 e. The summed E-state index contributed by atoms with van der Waals surface area (Å²) in [5.41, 5.74) is 2.09. The molecule has 138 valence electrons. The van der Waals surface area contributed by atoms with Crippen LogP contribution < -0.4 is 10.1 Å². The smallest absolute Gasteiger partial charge is 0.238 e. The molecule has 0 radical (unpaired) electrons. The Morgan fingerprint density at radius 2 is 1.56 bits per heavy atom. The predicted molar refractivity (Wildman–Crippen MR) is 111 cm³/mol. The fourth-order valence-electron chi connectivity index (χ4n) is 2.86. The highest BCUT2D eigenvalue weighted by atomic mass is 32.2. The Hall–Kier alpha value is -2.72. The molecule has 0 bridgehead atoms. The summed E-state index contributed by atoms with van der Waals surface area (Å²) in [6, 6.07) is 27.8. The highest BCUT2D eigenvalue weighted by Gasteiger charge is 2.21. The van der Waals surface area contributed by atoms with E-state index in [0.29, 0.717) is 6.54 Å². The molecule has 0 aliphatic rings. The third-order valence-corrected chi connectivity index (χ3v) is 5.49. The molecule has 0 saturated heterocycles. The maximum absolute atomic E-state index is 12.9. The van der Waals surface area contributed by atoms with Crippen molar-refractivity contribution in [1.29, 1.82) is 0 Å². The minimum absolute atomic E-state index is 0.0185. The first kappa shape index (κ1) is 19.1. The molecule has 1 atom stereocenters. The number of carbonyl (C=O) groups excluding carboxylic acids is 1. The lowest BCUT2D eigenvalue weighted by Crippen LogP contribution is -2.29. The van der Waals surface area contributed by atoms with Crippen LogP contribution in [0.3, 0.4) is 0 Å². The summed E-state index contributed by atoms with van der Waals surface area (Å²) in [7, 11) is 1.67. The summed E-state index contributed by atoms with van der Waals surface area (Å²) in [5, 5.41) is 2.80. The summed E-state index contributed by atoms with van der Waals surface area (Å²) in [6.45, 7) is 0.567. The van der Waals surface area contributed by atoms with Gasteiger partial charge in [0.2, 0.25) is 5.91 Å². The maximum atomic E-state index is 12.9. The Kier molecular flexibility index (Phi) is 6.94. The zero-order valence-corrected chi connectivity index (χ0v) is 16.1. The Morgan fingerprint density at radius 1 is 0.926 bits per heavy atom. The molecule has 3 aromatic rings. The summed E-state index contributed by atoms with van der Waals surface area (Å²) >= 11 is 1.57. The third-order valence-electron chi connectivity index (χ3n) is 4.22. The van der Waals surface area contributed by atoms with Gasteiger partial charge in [0.1, 0.15) is 11.0 Å². The lowest BCUT2D eigenvalue weighted by atomic mass is 10.1. The van der Waals surface area contributed by atoms with Gasteiger partial charge in [0.05, 0.1) is 7.11 Å². The summed E-state index contributed by atoms with van der Waals surface area (Å²) < 4.78 is 5.38. The molecular formula is C23H23NO2S. The molecule has 0 aliphatic heterocycles. The Balaban J connectivity index is 1.67. The van der Waals surface area contributed by atoms with Crippen LogP contribution in [0.5, 0.6) is 5.75 Å². The highest BCUT2D eigenvalue weighted by Crippen LogP contribution is 2.35. The molecule has 0 fully saturated rings. The van der Waals surface area contributed by atoms with Crippen LogP contribution in [0.15, 0.2) is 89.8 Å². The first-order chi connectivity index (χ1) is 13.3. The van der Waals surface area contributed by atoms with Crippen molar-refractivity contribution in [3.8, 4) is 5.75 Å². The molecule has 3 rings (SSSR count). The molecule has 0 saturated carbocycles. The van der Waals surface area contributed by atoms with E-state index in [4.69, 9.17) is 4.74 Å².